The highest BCUT2D eigenvalue weighted by Crippen LogP contribution is 2.11. The van der Waals surface area contributed by atoms with Crippen LogP contribution in [0.15, 0.2) is 30.3 Å². The summed E-state index contributed by atoms with van der Waals surface area (Å²) >= 11 is 0. The van der Waals surface area contributed by atoms with E-state index in [4.69, 9.17) is 4.74 Å². The Hall–Kier alpha value is -1.39. The van der Waals surface area contributed by atoms with E-state index in [1.165, 1.54) is 0 Å². The van der Waals surface area contributed by atoms with Gasteiger partial charge in [0.25, 0.3) is 0 Å². The van der Waals surface area contributed by atoms with Crippen LogP contribution in [0.4, 0.5) is 0 Å². The number of amides is 1. The third-order valence-electron chi connectivity index (χ3n) is 2.27. The molecule has 2 N–H and O–H groups in total. The van der Waals surface area contributed by atoms with Gasteiger partial charge in [-0.15, -0.1) is 0 Å². The first-order valence-electron chi connectivity index (χ1n) is 5.70. The molecule has 1 aromatic carbocycles. The van der Waals surface area contributed by atoms with Crippen LogP contribution in [0.3, 0.4) is 0 Å². The summed E-state index contributed by atoms with van der Waals surface area (Å²) in [5.41, 5.74) is 0.882. The number of aliphatic hydroxyl groups is 1. The van der Waals surface area contributed by atoms with Gasteiger partial charge < -0.3 is 15.2 Å². The fourth-order valence-electron chi connectivity index (χ4n) is 1.40. The van der Waals surface area contributed by atoms with Gasteiger partial charge in [-0.2, -0.15) is 0 Å². The summed E-state index contributed by atoms with van der Waals surface area (Å²) in [5.74, 6) is -0.221. The summed E-state index contributed by atoms with van der Waals surface area (Å²) in [7, 11) is 0. The van der Waals surface area contributed by atoms with Crippen molar-refractivity contribution in [3.8, 4) is 0 Å². The minimum atomic E-state index is -0.375. The largest absolute Gasteiger partial charge is 0.394 e. The molecule has 0 spiro atoms. The maximum Gasteiger partial charge on any atom is 0.246 e. The van der Waals surface area contributed by atoms with E-state index in [0.717, 1.165) is 5.56 Å². The molecule has 17 heavy (non-hydrogen) atoms. The minimum Gasteiger partial charge on any atom is -0.394 e. The second kappa shape index (κ2) is 7.04. The molecule has 0 saturated carbocycles. The van der Waals surface area contributed by atoms with Gasteiger partial charge in [-0.1, -0.05) is 30.3 Å². The average molecular weight is 237 g/mol. The molecule has 0 bridgehead atoms. The predicted molar refractivity (Wildman–Crippen MR) is 65.5 cm³/mol. The molecule has 0 heterocycles. The molecule has 4 nitrogen and oxygen atoms in total. The summed E-state index contributed by atoms with van der Waals surface area (Å²) in [6.45, 7) is 3.63. The van der Waals surface area contributed by atoms with Crippen molar-refractivity contribution in [3.63, 3.8) is 0 Å². The molecule has 0 aliphatic carbocycles. The Balaban J connectivity index is 2.50. The molecule has 0 unspecified atom stereocenters. The van der Waals surface area contributed by atoms with Crippen molar-refractivity contribution in [2.75, 3.05) is 13.2 Å². The van der Waals surface area contributed by atoms with Crippen molar-refractivity contribution in [1.82, 2.24) is 5.32 Å². The number of benzene rings is 1. The normalized spacial score (nSPS) is 12.5. The summed E-state index contributed by atoms with van der Waals surface area (Å²) in [4.78, 5) is 11.5. The molecule has 0 aliphatic heterocycles. The van der Waals surface area contributed by atoms with Crippen LogP contribution >= 0.6 is 0 Å². The summed E-state index contributed by atoms with van der Waals surface area (Å²) < 4.78 is 5.19. The van der Waals surface area contributed by atoms with Gasteiger partial charge in [0.2, 0.25) is 5.91 Å². The molecule has 0 aliphatic rings. The van der Waals surface area contributed by atoms with Crippen molar-refractivity contribution in [2.24, 2.45) is 0 Å². The number of hydrogen-bond acceptors (Lipinski definition) is 3. The molecule has 0 saturated heterocycles. The Morgan fingerprint density at radius 1 is 1.35 bits per heavy atom. The molecular formula is C13H19NO3. The predicted octanol–water partition coefficient (Wildman–Crippen LogP) is 1.26. The van der Waals surface area contributed by atoms with Gasteiger partial charge in [-0.05, 0) is 19.4 Å². The Labute approximate surface area is 102 Å². The lowest BCUT2D eigenvalue weighted by Gasteiger charge is -2.17. The summed E-state index contributed by atoms with van der Waals surface area (Å²) in [5, 5.41) is 12.0. The third-order valence-corrected chi connectivity index (χ3v) is 2.27. The van der Waals surface area contributed by atoms with Crippen LogP contribution in [0.25, 0.3) is 0 Å². The van der Waals surface area contributed by atoms with Gasteiger partial charge in [0.05, 0.1) is 18.8 Å². The quantitative estimate of drug-likeness (QED) is 0.783. The SMILES string of the molecule is CC(C)OCC(=O)N[C@@H](CO)c1ccccc1. The van der Waals surface area contributed by atoms with Gasteiger partial charge in [-0.25, -0.2) is 0 Å². The van der Waals surface area contributed by atoms with Gasteiger partial charge in [0.1, 0.15) is 6.61 Å². The van der Waals surface area contributed by atoms with Crippen LogP contribution in [0.2, 0.25) is 0 Å². The number of ether oxygens (including phenoxy) is 1. The van der Waals surface area contributed by atoms with E-state index in [0.29, 0.717) is 0 Å². The minimum absolute atomic E-state index is 0.0149. The number of carbonyl (C=O) groups is 1. The fourth-order valence-corrected chi connectivity index (χ4v) is 1.40. The third kappa shape index (κ3) is 4.97. The van der Waals surface area contributed by atoms with Crippen LogP contribution in [-0.4, -0.2) is 30.3 Å². The van der Waals surface area contributed by atoms with Crippen molar-refractivity contribution < 1.29 is 14.6 Å². The van der Waals surface area contributed by atoms with Crippen LogP contribution in [0.1, 0.15) is 25.5 Å². The second-order valence-electron chi connectivity index (χ2n) is 4.07. The fraction of sp³-hybridized carbons (Fsp3) is 0.462. The van der Waals surface area contributed by atoms with Crippen molar-refractivity contribution >= 4 is 5.91 Å². The van der Waals surface area contributed by atoms with Crippen LogP contribution in [0, 0.1) is 0 Å². The molecule has 0 aromatic heterocycles. The molecule has 0 radical (unpaired) electrons. The molecule has 4 heteroatoms. The van der Waals surface area contributed by atoms with Gasteiger partial charge >= 0.3 is 0 Å². The number of hydrogen-bond donors (Lipinski definition) is 2. The lowest BCUT2D eigenvalue weighted by Crippen LogP contribution is -2.34. The highest BCUT2D eigenvalue weighted by molar-refractivity contribution is 5.77. The molecule has 0 fully saturated rings. The molecule has 1 rings (SSSR count). The first-order valence-corrected chi connectivity index (χ1v) is 5.70. The van der Waals surface area contributed by atoms with Crippen molar-refractivity contribution in [2.45, 2.75) is 26.0 Å². The first-order chi connectivity index (χ1) is 8.13. The van der Waals surface area contributed by atoms with E-state index in [-0.39, 0.29) is 31.3 Å². The zero-order valence-electron chi connectivity index (χ0n) is 10.2. The van der Waals surface area contributed by atoms with Gasteiger partial charge in [0.15, 0.2) is 0 Å². The van der Waals surface area contributed by atoms with Crippen LogP contribution < -0.4 is 5.32 Å². The van der Waals surface area contributed by atoms with E-state index < -0.39 is 0 Å². The molecule has 94 valence electrons. The second-order valence-corrected chi connectivity index (χ2v) is 4.07. The van der Waals surface area contributed by atoms with E-state index in [1.807, 2.05) is 44.2 Å². The first kappa shape index (κ1) is 13.7. The highest BCUT2D eigenvalue weighted by atomic mass is 16.5. The van der Waals surface area contributed by atoms with Gasteiger partial charge in [0, 0.05) is 0 Å². The van der Waals surface area contributed by atoms with E-state index in [2.05, 4.69) is 5.32 Å². The Bertz CT molecular complexity index is 338. The molecule has 1 aromatic rings. The Morgan fingerprint density at radius 3 is 2.53 bits per heavy atom. The van der Waals surface area contributed by atoms with E-state index >= 15 is 0 Å². The topological polar surface area (TPSA) is 58.6 Å². The van der Waals surface area contributed by atoms with E-state index in [9.17, 15) is 9.90 Å². The number of carbonyl (C=O) groups excluding carboxylic acids is 1. The maximum absolute atomic E-state index is 11.5. The molecular weight excluding hydrogens is 218 g/mol. The lowest BCUT2D eigenvalue weighted by molar-refractivity contribution is -0.128. The van der Waals surface area contributed by atoms with Crippen molar-refractivity contribution in [3.05, 3.63) is 35.9 Å². The average Bonchev–Trinajstić information content (AvgIpc) is 2.34. The van der Waals surface area contributed by atoms with Crippen LogP contribution in [-0.2, 0) is 9.53 Å². The van der Waals surface area contributed by atoms with Gasteiger partial charge in [-0.3, -0.25) is 4.79 Å². The zero-order valence-corrected chi connectivity index (χ0v) is 10.2. The summed E-state index contributed by atoms with van der Waals surface area (Å²) in [6, 6.07) is 8.99. The van der Waals surface area contributed by atoms with Crippen molar-refractivity contribution in [1.29, 1.82) is 0 Å². The molecule has 1 atom stereocenters. The maximum atomic E-state index is 11.5. The zero-order chi connectivity index (χ0) is 12.7. The number of aliphatic hydroxyl groups excluding tert-OH is 1. The molecule has 1 amide bonds. The van der Waals surface area contributed by atoms with Crippen LogP contribution in [0.5, 0.6) is 0 Å². The Kier molecular flexibility index (Phi) is 5.66. The number of nitrogens with one attached hydrogen (secondary N) is 1. The smallest absolute Gasteiger partial charge is 0.246 e. The number of rotatable bonds is 6. The standard InChI is InChI=1S/C13H19NO3/c1-10(2)17-9-13(16)14-12(8-15)11-6-4-3-5-7-11/h3-7,10,12,15H,8-9H2,1-2H3,(H,14,16)/t12-/m0/s1. The Morgan fingerprint density at radius 2 is 2.00 bits per heavy atom. The monoisotopic (exact) mass is 237 g/mol. The highest BCUT2D eigenvalue weighted by Gasteiger charge is 2.13. The summed E-state index contributed by atoms with van der Waals surface area (Å²) in [6.07, 6.45) is 0.0186. The lowest BCUT2D eigenvalue weighted by atomic mass is 10.1. The van der Waals surface area contributed by atoms with E-state index in [1.54, 1.807) is 0 Å².